The first-order valence-electron chi connectivity index (χ1n) is 11.8. The summed E-state index contributed by atoms with van der Waals surface area (Å²) in [6.45, 7) is 1.52. The zero-order valence-electron chi connectivity index (χ0n) is 19.3. The van der Waals surface area contributed by atoms with Crippen LogP contribution in [0.15, 0.2) is 48.5 Å². The minimum absolute atomic E-state index is 0.00661. The van der Waals surface area contributed by atoms with Crippen LogP contribution in [0.2, 0.25) is 0 Å². The molecule has 8 heteroatoms. The molecule has 0 aromatic heterocycles. The molecule has 0 bridgehead atoms. The van der Waals surface area contributed by atoms with E-state index in [0.29, 0.717) is 44.0 Å². The molecule has 1 saturated heterocycles. The van der Waals surface area contributed by atoms with Gasteiger partial charge in [0.25, 0.3) is 0 Å². The predicted molar refractivity (Wildman–Crippen MR) is 127 cm³/mol. The van der Waals surface area contributed by atoms with Crippen molar-refractivity contribution in [2.75, 3.05) is 33.0 Å². The van der Waals surface area contributed by atoms with Gasteiger partial charge in [-0.3, -0.25) is 14.4 Å². The fraction of sp³-hybridized carbons (Fsp3) is 0.423. The van der Waals surface area contributed by atoms with Crippen molar-refractivity contribution >= 4 is 17.7 Å². The number of carbonyl (C=O) groups is 3. The lowest BCUT2D eigenvalue weighted by atomic mass is 9.91. The number of nitrogens with one attached hydrogen (secondary N) is 2. The summed E-state index contributed by atoms with van der Waals surface area (Å²) in [5, 5.41) is 5.91. The van der Waals surface area contributed by atoms with Crippen LogP contribution in [0.5, 0.6) is 11.5 Å². The van der Waals surface area contributed by atoms with Crippen molar-refractivity contribution in [3.8, 4) is 11.5 Å². The standard InChI is InChI=1S/C26H31N3O5/c30-24-10-8-21(20-5-2-1-3-6-20)11-13-28-25(31)17-29(14-4-12-27-24)26(32)16-19-7-9-22-23(15-19)34-18-33-22/h1-3,5-7,9,15,21H,4,8,10-14,16-18H2,(H,27,30)(H,28,31). The Bertz CT molecular complexity index is 1010. The number of rotatable bonds is 3. The van der Waals surface area contributed by atoms with E-state index in [0.717, 1.165) is 24.0 Å². The Morgan fingerprint density at radius 1 is 0.941 bits per heavy atom. The number of amides is 3. The lowest BCUT2D eigenvalue weighted by Gasteiger charge is -2.24. The van der Waals surface area contributed by atoms with Gasteiger partial charge in [0, 0.05) is 26.1 Å². The smallest absolute Gasteiger partial charge is 0.239 e. The summed E-state index contributed by atoms with van der Waals surface area (Å²) < 4.78 is 10.7. The maximum atomic E-state index is 13.0. The Morgan fingerprint density at radius 3 is 2.59 bits per heavy atom. The van der Waals surface area contributed by atoms with E-state index in [1.54, 1.807) is 17.0 Å². The Labute approximate surface area is 199 Å². The normalized spacial score (nSPS) is 19.6. The summed E-state index contributed by atoms with van der Waals surface area (Å²) >= 11 is 0. The van der Waals surface area contributed by atoms with Gasteiger partial charge in [0.05, 0.1) is 13.0 Å². The zero-order chi connectivity index (χ0) is 23.8. The Hall–Kier alpha value is -3.55. The van der Waals surface area contributed by atoms with Crippen LogP contribution in [0.3, 0.4) is 0 Å². The van der Waals surface area contributed by atoms with Crippen molar-refractivity contribution in [1.82, 2.24) is 15.5 Å². The molecule has 1 unspecified atom stereocenters. The quantitative estimate of drug-likeness (QED) is 0.726. The maximum Gasteiger partial charge on any atom is 0.239 e. The molecule has 2 aliphatic heterocycles. The molecule has 34 heavy (non-hydrogen) atoms. The van der Waals surface area contributed by atoms with Crippen molar-refractivity contribution in [2.45, 2.75) is 38.0 Å². The van der Waals surface area contributed by atoms with E-state index in [4.69, 9.17) is 9.47 Å². The van der Waals surface area contributed by atoms with Gasteiger partial charge < -0.3 is 25.0 Å². The van der Waals surface area contributed by atoms with Crippen LogP contribution in [0, 0.1) is 0 Å². The maximum absolute atomic E-state index is 13.0. The molecule has 0 radical (unpaired) electrons. The van der Waals surface area contributed by atoms with Gasteiger partial charge in [0.2, 0.25) is 24.5 Å². The molecule has 0 spiro atoms. The van der Waals surface area contributed by atoms with Gasteiger partial charge in [-0.2, -0.15) is 0 Å². The summed E-state index contributed by atoms with van der Waals surface area (Å²) in [6, 6.07) is 15.5. The molecular weight excluding hydrogens is 434 g/mol. The molecule has 2 N–H and O–H groups in total. The van der Waals surface area contributed by atoms with Crippen LogP contribution in [-0.4, -0.2) is 55.6 Å². The van der Waals surface area contributed by atoms with Crippen LogP contribution in [0.1, 0.15) is 42.7 Å². The van der Waals surface area contributed by atoms with Gasteiger partial charge >= 0.3 is 0 Å². The van der Waals surface area contributed by atoms with Gasteiger partial charge in [-0.1, -0.05) is 36.4 Å². The highest BCUT2D eigenvalue weighted by Crippen LogP contribution is 2.32. The summed E-state index contributed by atoms with van der Waals surface area (Å²) in [4.78, 5) is 39.6. The van der Waals surface area contributed by atoms with E-state index in [1.807, 2.05) is 24.3 Å². The molecule has 2 aliphatic rings. The lowest BCUT2D eigenvalue weighted by Crippen LogP contribution is -2.43. The summed E-state index contributed by atoms with van der Waals surface area (Å²) in [7, 11) is 0. The third-order valence-corrected chi connectivity index (χ3v) is 6.21. The largest absolute Gasteiger partial charge is 0.454 e. The van der Waals surface area contributed by atoms with E-state index < -0.39 is 0 Å². The molecule has 4 rings (SSSR count). The highest BCUT2D eigenvalue weighted by Gasteiger charge is 2.21. The number of nitrogens with zero attached hydrogens (tertiary/aromatic N) is 1. The second-order valence-corrected chi connectivity index (χ2v) is 8.67. The Balaban J connectivity index is 1.39. The molecule has 2 aromatic carbocycles. The van der Waals surface area contributed by atoms with E-state index in [2.05, 4.69) is 22.8 Å². The van der Waals surface area contributed by atoms with Crippen molar-refractivity contribution < 1.29 is 23.9 Å². The first-order chi connectivity index (χ1) is 16.6. The second kappa shape index (κ2) is 11.5. The predicted octanol–water partition coefficient (Wildman–Crippen LogP) is 2.38. The van der Waals surface area contributed by atoms with Crippen LogP contribution in [0.4, 0.5) is 0 Å². The minimum Gasteiger partial charge on any atom is -0.454 e. The molecule has 8 nitrogen and oxygen atoms in total. The fourth-order valence-corrected chi connectivity index (χ4v) is 4.34. The summed E-state index contributed by atoms with van der Waals surface area (Å²) in [5.41, 5.74) is 1.96. The average molecular weight is 466 g/mol. The van der Waals surface area contributed by atoms with Crippen molar-refractivity contribution in [2.24, 2.45) is 0 Å². The molecule has 2 heterocycles. The minimum atomic E-state index is -0.174. The molecule has 1 atom stereocenters. The van der Waals surface area contributed by atoms with E-state index in [-0.39, 0.29) is 43.4 Å². The van der Waals surface area contributed by atoms with Crippen LogP contribution in [0.25, 0.3) is 0 Å². The monoisotopic (exact) mass is 465 g/mol. The lowest BCUT2D eigenvalue weighted by molar-refractivity contribution is -0.135. The number of fused-ring (bicyclic) bond motifs is 1. The van der Waals surface area contributed by atoms with E-state index in [1.165, 1.54) is 0 Å². The number of hydrogen-bond donors (Lipinski definition) is 2. The van der Waals surface area contributed by atoms with Crippen molar-refractivity contribution in [3.63, 3.8) is 0 Å². The van der Waals surface area contributed by atoms with Gasteiger partial charge in [0.15, 0.2) is 11.5 Å². The van der Waals surface area contributed by atoms with Gasteiger partial charge in [-0.15, -0.1) is 0 Å². The van der Waals surface area contributed by atoms with Crippen molar-refractivity contribution in [1.29, 1.82) is 0 Å². The Morgan fingerprint density at radius 2 is 1.74 bits per heavy atom. The Kier molecular flexibility index (Phi) is 8.01. The average Bonchev–Trinajstić information content (AvgIpc) is 3.31. The number of benzene rings is 2. The van der Waals surface area contributed by atoms with Crippen LogP contribution >= 0.6 is 0 Å². The van der Waals surface area contributed by atoms with E-state index >= 15 is 0 Å². The first kappa shape index (κ1) is 23.6. The number of carbonyl (C=O) groups excluding carboxylic acids is 3. The molecule has 180 valence electrons. The van der Waals surface area contributed by atoms with Gasteiger partial charge in [-0.25, -0.2) is 0 Å². The van der Waals surface area contributed by atoms with Crippen molar-refractivity contribution in [3.05, 3.63) is 59.7 Å². The second-order valence-electron chi connectivity index (χ2n) is 8.67. The number of hydrogen-bond acceptors (Lipinski definition) is 5. The summed E-state index contributed by atoms with van der Waals surface area (Å²) in [6.07, 6.45) is 2.63. The molecule has 2 aromatic rings. The molecule has 0 saturated carbocycles. The molecule has 0 aliphatic carbocycles. The van der Waals surface area contributed by atoms with E-state index in [9.17, 15) is 14.4 Å². The highest BCUT2D eigenvalue weighted by molar-refractivity contribution is 5.86. The van der Waals surface area contributed by atoms with Gasteiger partial charge in [-0.05, 0) is 48.4 Å². The third kappa shape index (κ3) is 6.50. The molecule has 1 fully saturated rings. The fourth-order valence-electron chi connectivity index (χ4n) is 4.34. The topological polar surface area (TPSA) is 97.0 Å². The molecule has 3 amide bonds. The highest BCUT2D eigenvalue weighted by atomic mass is 16.7. The molecular formula is C26H31N3O5. The van der Waals surface area contributed by atoms with Crippen LogP contribution in [-0.2, 0) is 20.8 Å². The van der Waals surface area contributed by atoms with Gasteiger partial charge in [0.1, 0.15) is 0 Å². The zero-order valence-corrected chi connectivity index (χ0v) is 19.3. The first-order valence-corrected chi connectivity index (χ1v) is 11.8. The SMILES string of the molecule is O=C1CCC(c2ccccc2)CCNC(=O)CN(C(=O)Cc2ccc3c(c2)OCO3)CCCN1. The number of ether oxygens (including phenoxy) is 2. The van der Waals surface area contributed by atoms with Crippen LogP contribution < -0.4 is 20.1 Å². The summed E-state index contributed by atoms with van der Waals surface area (Å²) in [5.74, 6) is 1.17. The third-order valence-electron chi connectivity index (χ3n) is 6.21.